The number of aromatic nitrogens is 3. The van der Waals surface area contributed by atoms with Crippen molar-refractivity contribution in [2.45, 2.75) is 12.3 Å². The third-order valence-electron chi connectivity index (χ3n) is 5.99. The monoisotopic (exact) mass is 456 g/mol. The van der Waals surface area contributed by atoms with Crippen LogP contribution >= 0.6 is 0 Å². The van der Waals surface area contributed by atoms with Crippen molar-refractivity contribution in [2.24, 2.45) is 0 Å². The number of hydrogen-bond donors (Lipinski definition) is 1. The van der Waals surface area contributed by atoms with Crippen LogP contribution in [0.5, 0.6) is 0 Å². The van der Waals surface area contributed by atoms with Crippen LogP contribution < -0.4 is 5.32 Å². The van der Waals surface area contributed by atoms with Gasteiger partial charge in [-0.2, -0.15) is 0 Å². The minimum Gasteiger partial charge on any atom is -0.322 e. The number of carbonyl (C=O) groups excluding carboxylic acids is 1. The van der Waals surface area contributed by atoms with Gasteiger partial charge < -0.3 is 5.32 Å². The summed E-state index contributed by atoms with van der Waals surface area (Å²) in [6.45, 7) is 0. The lowest BCUT2D eigenvalue weighted by molar-refractivity contribution is 0.102. The van der Waals surface area contributed by atoms with Gasteiger partial charge in [-0.25, -0.2) is 0 Å². The van der Waals surface area contributed by atoms with E-state index in [1.807, 2.05) is 54.9 Å². The highest BCUT2D eigenvalue weighted by Crippen LogP contribution is 2.32. The Balaban J connectivity index is 1.47. The van der Waals surface area contributed by atoms with E-state index in [9.17, 15) is 4.79 Å². The summed E-state index contributed by atoms with van der Waals surface area (Å²) >= 11 is 0. The van der Waals surface area contributed by atoms with Gasteiger partial charge in [0.05, 0.1) is 0 Å². The van der Waals surface area contributed by atoms with Crippen LogP contribution in [0.25, 0.3) is 11.1 Å². The normalized spacial score (nSPS) is 10.8. The largest absolute Gasteiger partial charge is 0.322 e. The van der Waals surface area contributed by atoms with Crippen LogP contribution in [0.2, 0.25) is 0 Å². The van der Waals surface area contributed by atoms with Crippen molar-refractivity contribution in [3.63, 3.8) is 0 Å². The van der Waals surface area contributed by atoms with Crippen LogP contribution in [0.1, 0.15) is 33.0 Å². The van der Waals surface area contributed by atoms with E-state index in [4.69, 9.17) is 0 Å². The zero-order valence-electron chi connectivity index (χ0n) is 19.1. The highest BCUT2D eigenvalue weighted by molar-refractivity contribution is 6.05. The van der Waals surface area contributed by atoms with E-state index in [1.54, 1.807) is 36.9 Å². The molecule has 5 nitrogen and oxygen atoms in total. The Morgan fingerprint density at radius 3 is 2.11 bits per heavy atom. The molecule has 35 heavy (non-hydrogen) atoms. The molecule has 5 heteroatoms. The number of hydrogen-bond acceptors (Lipinski definition) is 4. The van der Waals surface area contributed by atoms with E-state index < -0.39 is 0 Å². The average molecular weight is 457 g/mol. The summed E-state index contributed by atoms with van der Waals surface area (Å²) in [7, 11) is 0. The Kier molecular flexibility index (Phi) is 6.67. The molecule has 170 valence electrons. The molecule has 0 unspecified atom stereocenters. The van der Waals surface area contributed by atoms with Crippen molar-refractivity contribution in [3.05, 3.63) is 144 Å². The first-order valence-electron chi connectivity index (χ1n) is 11.5. The molecule has 3 heterocycles. The molecule has 3 aromatic heterocycles. The summed E-state index contributed by atoms with van der Waals surface area (Å²) in [6, 6.07) is 27.8. The van der Waals surface area contributed by atoms with Crippen molar-refractivity contribution >= 4 is 11.6 Å². The first-order chi connectivity index (χ1) is 17.3. The summed E-state index contributed by atoms with van der Waals surface area (Å²) in [5.41, 5.74) is 6.89. The highest BCUT2D eigenvalue weighted by Gasteiger charge is 2.18. The van der Waals surface area contributed by atoms with Crippen LogP contribution in [-0.4, -0.2) is 20.9 Å². The van der Waals surface area contributed by atoms with E-state index in [0.717, 1.165) is 28.7 Å². The number of pyridine rings is 3. The molecular weight excluding hydrogens is 432 g/mol. The molecule has 5 rings (SSSR count). The van der Waals surface area contributed by atoms with Crippen molar-refractivity contribution in [1.29, 1.82) is 0 Å². The lowest BCUT2D eigenvalue weighted by atomic mass is 9.85. The topological polar surface area (TPSA) is 67.8 Å². The van der Waals surface area contributed by atoms with Gasteiger partial charge in [-0.05, 0) is 70.6 Å². The lowest BCUT2D eigenvalue weighted by Crippen LogP contribution is -2.12. The molecule has 0 saturated carbocycles. The maximum Gasteiger partial charge on any atom is 0.255 e. The molecule has 1 N–H and O–H groups in total. The van der Waals surface area contributed by atoms with Gasteiger partial charge >= 0.3 is 0 Å². The summed E-state index contributed by atoms with van der Waals surface area (Å²) in [5.74, 6) is -0.0455. The number of rotatable bonds is 7. The second-order valence-electron chi connectivity index (χ2n) is 8.26. The Bertz CT molecular complexity index is 1370. The van der Waals surface area contributed by atoms with E-state index in [-0.39, 0.29) is 11.8 Å². The fourth-order valence-electron chi connectivity index (χ4n) is 4.26. The molecule has 0 radical (unpaired) electrons. The predicted octanol–water partition coefficient (Wildman–Crippen LogP) is 6.17. The molecule has 0 aliphatic rings. The molecular formula is C30H24N4O. The SMILES string of the molecule is O=C(Nc1ccncc1)c1cccc(-c2ccccc2CC(c2cccnc2)c2cccnc2)c1. The van der Waals surface area contributed by atoms with E-state index in [2.05, 4.69) is 50.6 Å². The van der Waals surface area contributed by atoms with Gasteiger partial charge in [0.2, 0.25) is 0 Å². The van der Waals surface area contributed by atoms with Gasteiger partial charge in [0.1, 0.15) is 0 Å². The van der Waals surface area contributed by atoms with Crippen LogP contribution in [0, 0.1) is 0 Å². The molecule has 0 aliphatic heterocycles. The van der Waals surface area contributed by atoms with Crippen molar-refractivity contribution in [3.8, 4) is 11.1 Å². The fraction of sp³-hybridized carbons (Fsp3) is 0.0667. The second kappa shape index (κ2) is 10.5. The number of nitrogens with zero attached hydrogens (tertiary/aromatic N) is 3. The number of anilines is 1. The molecule has 0 spiro atoms. The quantitative estimate of drug-likeness (QED) is 0.318. The van der Waals surface area contributed by atoms with Crippen LogP contribution in [0.4, 0.5) is 5.69 Å². The standard InChI is InChI=1S/C30H24N4O/c35-30(34-27-12-16-31-17-13-27)24-8-3-7-22(18-24)28-11-2-1-6-23(28)19-29(25-9-4-14-32-20-25)26-10-5-15-33-21-26/h1-18,20-21,29H,19H2,(H,31,34,35). The molecule has 5 aromatic rings. The highest BCUT2D eigenvalue weighted by atomic mass is 16.1. The Morgan fingerprint density at radius 1 is 0.714 bits per heavy atom. The van der Waals surface area contributed by atoms with Gasteiger partial charge in [0.15, 0.2) is 0 Å². The molecule has 1 amide bonds. The first-order valence-corrected chi connectivity index (χ1v) is 11.5. The van der Waals surface area contributed by atoms with E-state index >= 15 is 0 Å². The number of amides is 1. The average Bonchev–Trinajstić information content (AvgIpc) is 2.93. The van der Waals surface area contributed by atoms with Crippen molar-refractivity contribution in [1.82, 2.24) is 15.0 Å². The van der Waals surface area contributed by atoms with Crippen LogP contribution in [0.3, 0.4) is 0 Å². The van der Waals surface area contributed by atoms with Crippen LogP contribution in [0.15, 0.2) is 122 Å². The van der Waals surface area contributed by atoms with Crippen molar-refractivity contribution in [2.75, 3.05) is 5.32 Å². The predicted molar refractivity (Wildman–Crippen MR) is 138 cm³/mol. The van der Waals surface area contributed by atoms with Crippen molar-refractivity contribution < 1.29 is 4.79 Å². The van der Waals surface area contributed by atoms with Gasteiger partial charge in [-0.3, -0.25) is 19.7 Å². The third kappa shape index (κ3) is 5.31. The molecule has 0 aliphatic carbocycles. The molecule has 0 fully saturated rings. The van der Waals surface area contributed by atoms with Gasteiger partial charge in [-0.15, -0.1) is 0 Å². The molecule has 0 saturated heterocycles. The number of nitrogens with one attached hydrogen (secondary N) is 1. The number of benzene rings is 2. The summed E-state index contributed by atoms with van der Waals surface area (Å²) in [6.07, 6.45) is 11.5. The first kappa shape index (κ1) is 22.2. The summed E-state index contributed by atoms with van der Waals surface area (Å²) in [5, 5.41) is 2.93. The molecule has 2 aromatic carbocycles. The molecule has 0 bridgehead atoms. The van der Waals surface area contributed by atoms with Gasteiger partial charge in [0, 0.05) is 54.3 Å². The third-order valence-corrected chi connectivity index (χ3v) is 5.99. The maximum atomic E-state index is 12.9. The van der Waals surface area contributed by atoms with Gasteiger partial charge in [0.25, 0.3) is 5.91 Å². The van der Waals surface area contributed by atoms with E-state index in [1.165, 1.54) is 5.56 Å². The summed E-state index contributed by atoms with van der Waals surface area (Å²) in [4.78, 5) is 25.6. The minimum atomic E-state index is -0.154. The smallest absolute Gasteiger partial charge is 0.255 e. The minimum absolute atomic E-state index is 0.108. The summed E-state index contributed by atoms with van der Waals surface area (Å²) < 4.78 is 0. The Hall–Kier alpha value is -4.64. The van der Waals surface area contributed by atoms with Crippen LogP contribution in [-0.2, 0) is 6.42 Å². The van der Waals surface area contributed by atoms with Gasteiger partial charge in [-0.1, -0.05) is 48.5 Å². The lowest BCUT2D eigenvalue weighted by Gasteiger charge is -2.20. The maximum absolute atomic E-state index is 12.9. The molecule has 0 atom stereocenters. The number of carbonyl (C=O) groups is 1. The van der Waals surface area contributed by atoms with E-state index in [0.29, 0.717) is 11.3 Å². The Labute approximate surface area is 204 Å². The zero-order valence-corrected chi connectivity index (χ0v) is 19.1. The second-order valence-corrected chi connectivity index (χ2v) is 8.26. The fourth-order valence-corrected chi connectivity index (χ4v) is 4.26. The Morgan fingerprint density at radius 2 is 1.43 bits per heavy atom. The zero-order chi connectivity index (χ0) is 23.9.